The van der Waals surface area contributed by atoms with Crippen LogP contribution in [-0.4, -0.2) is 65.3 Å². The number of carbonyl (C=O) groups is 2. The van der Waals surface area contributed by atoms with E-state index in [1.54, 1.807) is 11.9 Å². The summed E-state index contributed by atoms with van der Waals surface area (Å²) in [6.45, 7) is 8.41. The van der Waals surface area contributed by atoms with Crippen molar-refractivity contribution in [2.24, 2.45) is 5.92 Å². The van der Waals surface area contributed by atoms with Crippen molar-refractivity contribution in [3.8, 4) is 0 Å². The number of benzene rings is 2. The van der Waals surface area contributed by atoms with Crippen LogP contribution in [0.1, 0.15) is 30.5 Å². The minimum absolute atomic E-state index is 0.116. The number of likely N-dealkylation sites (N-methyl/N-ethyl adjacent to an activating group) is 1. The zero-order chi connectivity index (χ0) is 23.3. The van der Waals surface area contributed by atoms with E-state index in [2.05, 4.69) is 53.2 Å². The van der Waals surface area contributed by atoms with Crippen LogP contribution in [0.4, 0.5) is 10.5 Å². The average molecular weight is 448 g/mol. The lowest BCUT2D eigenvalue weighted by molar-refractivity contribution is -0.139. The zero-order valence-electron chi connectivity index (χ0n) is 19.9. The Morgan fingerprint density at radius 1 is 1.03 bits per heavy atom. The third kappa shape index (κ3) is 3.79. The number of nitrogens with one attached hydrogen (secondary N) is 1. The van der Waals surface area contributed by atoms with Crippen molar-refractivity contribution < 1.29 is 9.59 Å². The third-order valence-corrected chi connectivity index (χ3v) is 7.18. The summed E-state index contributed by atoms with van der Waals surface area (Å²) in [5.41, 5.74) is 4.53. The number of nitrogens with zero attached hydrogens (tertiary/aromatic N) is 4. The second kappa shape index (κ2) is 8.47. The van der Waals surface area contributed by atoms with Crippen LogP contribution in [0.2, 0.25) is 0 Å². The van der Waals surface area contributed by atoms with E-state index in [1.165, 1.54) is 10.5 Å². The molecule has 0 bridgehead atoms. The number of rotatable bonds is 4. The Hall–Kier alpha value is -2.90. The summed E-state index contributed by atoms with van der Waals surface area (Å²) in [5, 5.41) is 3.61. The van der Waals surface area contributed by atoms with E-state index in [0.717, 1.165) is 36.3 Å². The van der Waals surface area contributed by atoms with Gasteiger partial charge in [-0.05, 0) is 42.5 Å². The minimum Gasteiger partial charge on any atom is -0.343 e. The Balaban J connectivity index is 1.44. The van der Waals surface area contributed by atoms with Crippen LogP contribution in [0.25, 0.3) is 0 Å². The van der Waals surface area contributed by atoms with E-state index in [4.69, 9.17) is 0 Å². The lowest BCUT2D eigenvalue weighted by atomic mass is 10.0. The van der Waals surface area contributed by atoms with Gasteiger partial charge in [-0.15, -0.1) is 0 Å². The van der Waals surface area contributed by atoms with Gasteiger partial charge in [-0.25, -0.2) is 4.79 Å². The van der Waals surface area contributed by atoms with Crippen molar-refractivity contribution in [3.63, 3.8) is 0 Å². The summed E-state index contributed by atoms with van der Waals surface area (Å²) in [7, 11) is 1.80. The first-order chi connectivity index (χ1) is 15.9. The SMILES string of the molecule is CCc1ccc(N2CC(C)CN3C4C(=O)N(Cc5cccc(C)c5)C(=O)N(C)C4NC23)cc1. The standard InChI is InChI=1S/C26H33N5O2/c1-5-19-9-11-21(12-10-19)29-14-18(3)15-30-22-23(27-25(29)30)28(4)26(33)31(24(22)32)16-20-8-6-7-17(2)13-20/h6-13,18,22-23,25,27H,5,14-16H2,1-4H3. The summed E-state index contributed by atoms with van der Waals surface area (Å²) in [4.78, 5) is 34.6. The highest BCUT2D eigenvalue weighted by Crippen LogP contribution is 2.35. The maximum Gasteiger partial charge on any atom is 0.328 e. The molecule has 7 heteroatoms. The van der Waals surface area contributed by atoms with Crippen LogP contribution < -0.4 is 10.2 Å². The molecule has 0 saturated carbocycles. The normalized spacial score (nSPS) is 27.7. The predicted octanol–water partition coefficient (Wildman–Crippen LogP) is 2.99. The van der Waals surface area contributed by atoms with Crippen molar-refractivity contribution in [2.45, 2.75) is 52.2 Å². The number of aryl methyl sites for hydroxylation is 2. The highest BCUT2D eigenvalue weighted by atomic mass is 16.2. The summed E-state index contributed by atoms with van der Waals surface area (Å²) >= 11 is 0. The van der Waals surface area contributed by atoms with Crippen molar-refractivity contribution >= 4 is 17.6 Å². The summed E-state index contributed by atoms with van der Waals surface area (Å²) in [5.74, 6) is 0.281. The number of fused-ring (bicyclic) bond motifs is 3. The Kier molecular flexibility index (Phi) is 5.62. The Labute approximate surface area is 195 Å². The fraction of sp³-hybridized carbons (Fsp3) is 0.462. The first-order valence-corrected chi connectivity index (χ1v) is 11.9. The van der Waals surface area contributed by atoms with E-state index >= 15 is 0 Å². The lowest BCUT2D eigenvalue weighted by Crippen LogP contribution is -2.66. The first kappa shape index (κ1) is 21.9. The van der Waals surface area contributed by atoms with Gasteiger partial charge >= 0.3 is 6.03 Å². The van der Waals surface area contributed by atoms with Crippen molar-refractivity contribution in [1.29, 1.82) is 0 Å². The maximum atomic E-state index is 13.7. The molecule has 5 rings (SSSR count). The van der Waals surface area contributed by atoms with Crippen LogP contribution >= 0.6 is 0 Å². The number of imide groups is 1. The van der Waals surface area contributed by atoms with Gasteiger partial charge in [0.25, 0.3) is 5.91 Å². The van der Waals surface area contributed by atoms with Crippen LogP contribution in [-0.2, 0) is 17.8 Å². The number of urea groups is 1. The molecule has 4 unspecified atom stereocenters. The molecule has 3 aliphatic rings. The summed E-state index contributed by atoms with van der Waals surface area (Å²) in [6.07, 6.45) is 0.542. The van der Waals surface area contributed by atoms with Gasteiger partial charge in [0, 0.05) is 25.8 Å². The van der Waals surface area contributed by atoms with Crippen LogP contribution in [0.15, 0.2) is 48.5 Å². The molecule has 4 atom stereocenters. The topological polar surface area (TPSA) is 59.1 Å². The average Bonchev–Trinajstić information content (AvgIpc) is 3.19. The molecule has 0 spiro atoms. The van der Waals surface area contributed by atoms with Crippen LogP contribution in [0.3, 0.4) is 0 Å². The van der Waals surface area contributed by atoms with Crippen molar-refractivity contribution in [3.05, 3.63) is 65.2 Å². The molecule has 3 aliphatic heterocycles. The van der Waals surface area contributed by atoms with Gasteiger partial charge in [-0.3, -0.25) is 19.9 Å². The molecule has 3 amide bonds. The predicted molar refractivity (Wildman–Crippen MR) is 128 cm³/mol. The fourth-order valence-corrected chi connectivity index (χ4v) is 5.48. The molecular formula is C26H33N5O2. The highest BCUT2D eigenvalue weighted by Gasteiger charge is 2.56. The third-order valence-electron chi connectivity index (χ3n) is 7.18. The second-order valence-corrected chi connectivity index (χ2v) is 9.71. The van der Waals surface area contributed by atoms with Gasteiger partial charge in [0.15, 0.2) is 0 Å². The number of carbonyl (C=O) groups excluding carboxylic acids is 2. The molecule has 2 aromatic rings. The second-order valence-electron chi connectivity index (χ2n) is 9.71. The van der Waals surface area contributed by atoms with Gasteiger partial charge < -0.3 is 9.80 Å². The van der Waals surface area contributed by atoms with Gasteiger partial charge in [0.1, 0.15) is 18.5 Å². The van der Waals surface area contributed by atoms with Crippen LogP contribution in [0.5, 0.6) is 0 Å². The number of anilines is 1. The van der Waals surface area contributed by atoms with Gasteiger partial charge in [0.2, 0.25) is 0 Å². The lowest BCUT2D eigenvalue weighted by Gasteiger charge is -2.46. The Morgan fingerprint density at radius 3 is 2.48 bits per heavy atom. The van der Waals surface area contributed by atoms with Gasteiger partial charge in [-0.1, -0.05) is 55.8 Å². The van der Waals surface area contributed by atoms with Crippen molar-refractivity contribution in [1.82, 2.24) is 20.0 Å². The molecule has 0 aliphatic carbocycles. The van der Waals surface area contributed by atoms with Crippen molar-refractivity contribution in [2.75, 3.05) is 25.0 Å². The first-order valence-electron chi connectivity index (χ1n) is 11.9. The largest absolute Gasteiger partial charge is 0.343 e. The van der Waals surface area contributed by atoms with E-state index < -0.39 is 6.04 Å². The Bertz CT molecular complexity index is 1050. The van der Waals surface area contributed by atoms with E-state index in [0.29, 0.717) is 12.5 Å². The molecule has 3 heterocycles. The number of hydrogen-bond acceptors (Lipinski definition) is 5. The van der Waals surface area contributed by atoms with E-state index in [-0.39, 0.29) is 24.4 Å². The molecule has 7 nitrogen and oxygen atoms in total. The molecular weight excluding hydrogens is 414 g/mol. The van der Waals surface area contributed by atoms with Gasteiger partial charge in [-0.2, -0.15) is 0 Å². The fourth-order valence-electron chi connectivity index (χ4n) is 5.48. The molecule has 2 aromatic carbocycles. The molecule has 3 fully saturated rings. The molecule has 0 radical (unpaired) electrons. The maximum absolute atomic E-state index is 13.7. The molecule has 174 valence electrons. The van der Waals surface area contributed by atoms with E-state index in [9.17, 15) is 9.59 Å². The molecule has 1 N–H and O–H groups in total. The summed E-state index contributed by atoms with van der Waals surface area (Å²) in [6, 6.07) is 16.0. The highest BCUT2D eigenvalue weighted by molar-refractivity contribution is 6.00. The minimum atomic E-state index is -0.400. The van der Waals surface area contributed by atoms with Crippen LogP contribution in [0, 0.1) is 12.8 Å². The quantitative estimate of drug-likeness (QED) is 0.781. The monoisotopic (exact) mass is 447 g/mol. The summed E-state index contributed by atoms with van der Waals surface area (Å²) < 4.78 is 0. The Morgan fingerprint density at radius 2 is 1.79 bits per heavy atom. The smallest absolute Gasteiger partial charge is 0.328 e. The zero-order valence-corrected chi connectivity index (χ0v) is 19.9. The molecule has 0 aromatic heterocycles. The number of hydrogen-bond donors (Lipinski definition) is 1. The van der Waals surface area contributed by atoms with Gasteiger partial charge in [0.05, 0.1) is 6.54 Å². The molecule has 33 heavy (non-hydrogen) atoms. The number of amides is 3. The molecule has 3 saturated heterocycles. The van der Waals surface area contributed by atoms with E-state index in [1.807, 2.05) is 31.2 Å².